The van der Waals surface area contributed by atoms with Crippen molar-refractivity contribution < 1.29 is 58.9 Å². The van der Waals surface area contributed by atoms with E-state index in [0.29, 0.717) is 0 Å². The van der Waals surface area contributed by atoms with Gasteiger partial charge in [-0.2, -0.15) is 13.5 Å². The zero-order chi connectivity index (χ0) is 0. The van der Waals surface area contributed by atoms with Gasteiger partial charge in [-0.15, -0.1) is 0 Å². The van der Waals surface area contributed by atoms with E-state index in [1.807, 2.05) is 0 Å². The fourth-order valence-electron chi connectivity index (χ4n) is 0. The van der Waals surface area contributed by atoms with Crippen molar-refractivity contribution >= 4 is 40.8 Å². The molecule has 0 nitrogen and oxygen atoms in total. The van der Waals surface area contributed by atoms with E-state index in [0.717, 1.165) is 0 Å². The molecule has 6 radical (unpaired) electrons. The van der Waals surface area contributed by atoms with E-state index in [2.05, 4.69) is 0 Å². The van der Waals surface area contributed by atoms with Gasteiger partial charge in [0, 0.05) is 86.2 Å². The minimum absolute atomic E-state index is 0. The Morgan fingerprint density at radius 1 is 1.00 bits per heavy atom. The zero-order valence-electron chi connectivity index (χ0n) is 2.31. The van der Waals surface area contributed by atoms with Crippen LogP contribution in [-0.2, 0) is 58.9 Å². The Balaban J connectivity index is 0. The van der Waals surface area contributed by atoms with E-state index < -0.39 is 0 Å². The van der Waals surface area contributed by atoms with E-state index in [1.54, 1.807) is 0 Å². The largest absolute Gasteiger partial charge is 0.197 e. The molecule has 5 heteroatoms. The van der Waals surface area contributed by atoms with E-state index >= 15 is 0 Å². The van der Waals surface area contributed by atoms with Gasteiger partial charge in [-0.05, 0) is 0 Å². The molecule has 36 valence electrons. The summed E-state index contributed by atoms with van der Waals surface area (Å²) >= 11 is 0. The average Bonchev–Trinajstić information content (AvgIpc) is 0. The summed E-state index contributed by atoms with van der Waals surface area (Å²) in [6.45, 7) is 0. The monoisotopic (exact) mass is 476 g/mol. The van der Waals surface area contributed by atoms with Crippen molar-refractivity contribution in [2.45, 2.75) is 0 Å². The Morgan fingerprint density at radius 2 is 1.00 bits per heavy atom. The van der Waals surface area contributed by atoms with Crippen LogP contribution < -0.4 is 0 Å². The molecule has 0 aliphatic heterocycles. The summed E-state index contributed by atoms with van der Waals surface area (Å²) < 4.78 is 0. The molecular weight excluding hydrogens is 476 g/mol. The second kappa shape index (κ2) is 27.2. The van der Waals surface area contributed by atoms with Crippen molar-refractivity contribution in [3.05, 3.63) is 0 Å². The van der Waals surface area contributed by atoms with Gasteiger partial charge in [0.15, 0.2) is 0 Å². The van der Waals surface area contributed by atoms with Crippen LogP contribution in [0.2, 0.25) is 0 Å². The van der Waals surface area contributed by atoms with Crippen LogP contribution in [0.1, 0.15) is 0 Å². The van der Waals surface area contributed by atoms with Crippen LogP contribution in [0.4, 0.5) is 0 Å². The molecule has 0 heterocycles. The van der Waals surface area contributed by atoms with Crippen LogP contribution in [0.3, 0.4) is 0 Å². The van der Waals surface area contributed by atoms with Gasteiger partial charge in [-0.1, -0.05) is 0 Å². The minimum atomic E-state index is 0. The Morgan fingerprint density at radius 3 is 1.00 bits per heavy atom. The Labute approximate surface area is 98.0 Å². The predicted molar refractivity (Wildman–Crippen MR) is 16.1 cm³/mol. The quantitative estimate of drug-likeness (QED) is 0.421. The SMILES string of the molecule is S.[Ag].[Cu].[Pb].[Zn]. The molecule has 0 N–H and O–H groups in total. The maximum atomic E-state index is 0. The van der Waals surface area contributed by atoms with Crippen LogP contribution >= 0.6 is 13.5 Å². The molecule has 0 unspecified atom stereocenters. The first-order valence-corrected chi connectivity index (χ1v) is 0. The number of hydrogen-bond acceptors (Lipinski definition) is 0. The summed E-state index contributed by atoms with van der Waals surface area (Å²) in [5.74, 6) is 0. The Kier molecular flexibility index (Phi) is 228. The molecule has 0 spiro atoms. The molecule has 0 atom stereocenters. The van der Waals surface area contributed by atoms with Gasteiger partial charge in [-0.3, -0.25) is 0 Å². The Bertz CT molecular complexity index is 11.6. The first-order valence-electron chi connectivity index (χ1n) is 0. The molecular formula is H2AgCuPbSZn. The first kappa shape index (κ1) is 41.9. The van der Waals surface area contributed by atoms with Crippen LogP contribution in [0.15, 0.2) is 0 Å². The molecule has 0 aliphatic carbocycles. The van der Waals surface area contributed by atoms with E-state index in [9.17, 15) is 0 Å². The van der Waals surface area contributed by atoms with E-state index in [4.69, 9.17) is 0 Å². The summed E-state index contributed by atoms with van der Waals surface area (Å²) in [6, 6.07) is 0. The second-order valence-corrected chi connectivity index (χ2v) is 0. The molecule has 0 rings (SSSR count). The molecule has 0 saturated carbocycles. The maximum absolute atomic E-state index is 0. The third-order valence-corrected chi connectivity index (χ3v) is 0. The van der Waals surface area contributed by atoms with Gasteiger partial charge >= 0.3 is 0 Å². The van der Waals surface area contributed by atoms with Gasteiger partial charge in [0.2, 0.25) is 0 Å². The predicted octanol–water partition coefficient (Wildman–Crippen LogP) is -0.275. The normalized spacial score (nSPS) is 0. The Hall–Kier alpha value is 3.16. The smallest absolute Gasteiger partial charge is 0 e. The average molecular weight is 478 g/mol. The minimum Gasteiger partial charge on any atom is -0.197 e. The van der Waals surface area contributed by atoms with Gasteiger partial charge in [-0.25, -0.2) is 0 Å². The van der Waals surface area contributed by atoms with E-state index in [-0.39, 0.29) is 99.7 Å². The van der Waals surface area contributed by atoms with Crippen molar-refractivity contribution in [1.82, 2.24) is 0 Å². The van der Waals surface area contributed by atoms with Crippen LogP contribution in [0.5, 0.6) is 0 Å². The molecule has 0 amide bonds. The summed E-state index contributed by atoms with van der Waals surface area (Å²) in [4.78, 5) is 0. The van der Waals surface area contributed by atoms with Crippen molar-refractivity contribution in [3.63, 3.8) is 0 Å². The van der Waals surface area contributed by atoms with Crippen LogP contribution in [-0.4, -0.2) is 27.3 Å². The molecule has 0 bridgehead atoms. The van der Waals surface area contributed by atoms with Crippen LogP contribution in [0.25, 0.3) is 0 Å². The van der Waals surface area contributed by atoms with Crippen molar-refractivity contribution in [1.29, 1.82) is 0 Å². The van der Waals surface area contributed by atoms with Crippen molar-refractivity contribution in [2.75, 3.05) is 0 Å². The molecule has 0 aliphatic rings. The zero-order valence-corrected chi connectivity index (χ0v) is 12.6. The summed E-state index contributed by atoms with van der Waals surface area (Å²) in [6.07, 6.45) is 0. The van der Waals surface area contributed by atoms with Gasteiger partial charge in [0.25, 0.3) is 0 Å². The third-order valence-electron chi connectivity index (χ3n) is 0. The molecule has 0 aromatic rings. The third kappa shape index (κ3) is 19.1. The molecule has 0 saturated heterocycles. The van der Waals surface area contributed by atoms with E-state index in [1.165, 1.54) is 0 Å². The van der Waals surface area contributed by atoms with Crippen LogP contribution in [0, 0.1) is 0 Å². The summed E-state index contributed by atoms with van der Waals surface area (Å²) in [7, 11) is 0. The molecule has 5 heavy (non-hydrogen) atoms. The first-order chi connectivity index (χ1) is 0. The van der Waals surface area contributed by atoms with Gasteiger partial charge < -0.3 is 0 Å². The maximum Gasteiger partial charge on any atom is 0 e. The number of rotatable bonds is 0. The number of hydrogen-bond donors (Lipinski definition) is 0. The summed E-state index contributed by atoms with van der Waals surface area (Å²) in [5, 5.41) is 0. The fraction of sp³-hybridized carbons (Fsp3) is 0. The molecule has 0 aromatic carbocycles. The van der Waals surface area contributed by atoms with Crippen molar-refractivity contribution in [2.24, 2.45) is 0 Å². The van der Waals surface area contributed by atoms with Crippen molar-refractivity contribution in [3.8, 4) is 0 Å². The summed E-state index contributed by atoms with van der Waals surface area (Å²) in [5.41, 5.74) is 0. The topological polar surface area (TPSA) is 0 Å². The van der Waals surface area contributed by atoms with Gasteiger partial charge in [0.1, 0.15) is 0 Å². The fourth-order valence-corrected chi connectivity index (χ4v) is 0. The van der Waals surface area contributed by atoms with Gasteiger partial charge in [0.05, 0.1) is 0 Å². The second-order valence-electron chi connectivity index (χ2n) is 0. The molecule has 0 aromatic heterocycles. The molecule has 0 fully saturated rings. The standard InChI is InChI=1S/Ag.Cu.Pb.H2S.Zn/h;;;1H2;.